The predicted octanol–water partition coefficient (Wildman–Crippen LogP) is 4.66. The summed E-state index contributed by atoms with van der Waals surface area (Å²) in [6.07, 6.45) is 3.69. The Morgan fingerprint density at radius 1 is 0.963 bits per heavy atom. The van der Waals surface area contributed by atoms with E-state index < -0.39 is 23.2 Å². The van der Waals surface area contributed by atoms with E-state index in [9.17, 15) is 9.59 Å². The van der Waals surface area contributed by atoms with Crippen LogP contribution in [0.4, 0.5) is 4.79 Å². The van der Waals surface area contributed by atoms with Crippen LogP contribution < -0.4 is 5.32 Å². The van der Waals surface area contributed by atoms with Crippen molar-refractivity contribution in [1.82, 2.24) is 5.32 Å². The first kappa shape index (κ1) is 22.7. The average Bonchev–Trinajstić information content (AvgIpc) is 2.49. The molecule has 1 rings (SSSR count). The molecule has 1 N–H and O–H groups in total. The summed E-state index contributed by atoms with van der Waals surface area (Å²) in [5.74, 6) is -0.711. The van der Waals surface area contributed by atoms with Crippen LogP contribution >= 0.6 is 0 Å². The molecule has 0 radical (unpaired) electrons. The average molecular weight is 376 g/mol. The lowest BCUT2D eigenvalue weighted by molar-refractivity contribution is -0.157. The largest absolute Gasteiger partial charge is 0.460 e. The lowest BCUT2D eigenvalue weighted by Crippen LogP contribution is -2.39. The molecule has 0 bridgehead atoms. The van der Waals surface area contributed by atoms with Gasteiger partial charge in [-0.15, -0.1) is 0 Å². The molecule has 0 heterocycles. The molecule has 0 spiro atoms. The number of benzene rings is 1. The SMILES string of the molecule is C[C@H](/C=C/[C@H](Cc1ccccc1)NC(=O)OC(C)(C)C)C(=O)OC(C)(C)C. The zero-order valence-corrected chi connectivity index (χ0v) is 17.5. The number of carbonyl (C=O) groups excluding carboxylic acids is 2. The summed E-state index contributed by atoms with van der Waals surface area (Å²) in [6, 6.07) is 9.54. The monoisotopic (exact) mass is 375 g/mol. The Morgan fingerprint density at radius 3 is 2.04 bits per heavy atom. The summed E-state index contributed by atoms with van der Waals surface area (Å²) >= 11 is 0. The number of alkyl carbamates (subject to hydrolysis) is 1. The topological polar surface area (TPSA) is 64.6 Å². The van der Waals surface area contributed by atoms with Crippen LogP contribution in [0.25, 0.3) is 0 Å². The third kappa shape index (κ3) is 10.4. The highest BCUT2D eigenvalue weighted by atomic mass is 16.6. The van der Waals surface area contributed by atoms with Crippen LogP contribution in [0.1, 0.15) is 54.0 Å². The molecule has 1 aromatic rings. The standard InChI is InChI=1S/C22H33NO4/c1-16(19(24)26-21(2,3)4)13-14-18(15-17-11-9-8-10-12-17)23-20(25)27-22(5,6)7/h8-14,16,18H,15H2,1-7H3,(H,23,25)/b14-13+/t16-,18-/m1/s1. The van der Waals surface area contributed by atoms with Gasteiger partial charge in [0.2, 0.25) is 0 Å². The highest BCUT2D eigenvalue weighted by Crippen LogP contribution is 2.13. The van der Waals surface area contributed by atoms with Crippen molar-refractivity contribution in [1.29, 1.82) is 0 Å². The van der Waals surface area contributed by atoms with Gasteiger partial charge in [-0.3, -0.25) is 4.79 Å². The lowest BCUT2D eigenvalue weighted by atomic mass is 10.0. The number of carbonyl (C=O) groups is 2. The summed E-state index contributed by atoms with van der Waals surface area (Å²) in [5, 5.41) is 2.86. The number of hydrogen-bond acceptors (Lipinski definition) is 4. The molecule has 0 aliphatic rings. The van der Waals surface area contributed by atoms with Gasteiger partial charge in [-0.1, -0.05) is 42.5 Å². The van der Waals surface area contributed by atoms with Gasteiger partial charge in [0, 0.05) is 0 Å². The van der Waals surface area contributed by atoms with Gasteiger partial charge in [-0.2, -0.15) is 0 Å². The molecule has 0 unspecified atom stereocenters. The number of rotatable bonds is 6. The fraction of sp³-hybridized carbons (Fsp3) is 0.545. The molecule has 1 aromatic carbocycles. The van der Waals surface area contributed by atoms with Gasteiger partial charge in [0.1, 0.15) is 11.2 Å². The number of esters is 1. The predicted molar refractivity (Wildman–Crippen MR) is 107 cm³/mol. The van der Waals surface area contributed by atoms with Gasteiger partial charge >= 0.3 is 12.1 Å². The molecule has 0 saturated carbocycles. The van der Waals surface area contributed by atoms with Crippen LogP contribution in [0.3, 0.4) is 0 Å². The molecule has 2 atom stereocenters. The minimum atomic E-state index is -0.575. The smallest absolute Gasteiger partial charge is 0.408 e. The second kappa shape index (κ2) is 9.58. The number of amides is 1. The van der Waals surface area contributed by atoms with E-state index in [4.69, 9.17) is 9.47 Å². The van der Waals surface area contributed by atoms with Gasteiger partial charge in [0.25, 0.3) is 0 Å². The van der Waals surface area contributed by atoms with E-state index in [2.05, 4.69) is 5.32 Å². The van der Waals surface area contributed by atoms with Gasteiger partial charge in [0.05, 0.1) is 12.0 Å². The highest BCUT2D eigenvalue weighted by molar-refractivity contribution is 5.74. The minimum absolute atomic E-state index is 0.297. The maximum atomic E-state index is 12.2. The quantitative estimate of drug-likeness (QED) is 0.580. The van der Waals surface area contributed by atoms with Crippen molar-refractivity contribution in [2.45, 2.75) is 72.1 Å². The number of hydrogen-bond donors (Lipinski definition) is 1. The second-order valence-electron chi connectivity index (χ2n) is 8.65. The van der Waals surface area contributed by atoms with E-state index in [1.54, 1.807) is 13.0 Å². The molecule has 150 valence electrons. The fourth-order valence-electron chi connectivity index (χ4n) is 2.27. The molecule has 5 nitrogen and oxygen atoms in total. The van der Waals surface area contributed by atoms with Gasteiger partial charge < -0.3 is 14.8 Å². The van der Waals surface area contributed by atoms with Gasteiger partial charge in [-0.25, -0.2) is 4.79 Å². The van der Waals surface area contributed by atoms with Crippen LogP contribution in [-0.4, -0.2) is 29.3 Å². The molecule has 0 aromatic heterocycles. The first-order valence-electron chi connectivity index (χ1n) is 9.30. The normalized spacial score (nSPS) is 14.5. The number of nitrogens with one attached hydrogen (secondary N) is 1. The fourth-order valence-corrected chi connectivity index (χ4v) is 2.27. The van der Waals surface area contributed by atoms with Crippen LogP contribution in [-0.2, 0) is 20.7 Å². The van der Waals surface area contributed by atoms with Crippen LogP contribution in [0.2, 0.25) is 0 Å². The highest BCUT2D eigenvalue weighted by Gasteiger charge is 2.21. The van der Waals surface area contributed by atoms with Crippen LogP contribution in [0, 0.1) is 5.92 Å². The summed E-state index contributed by atoms with van der Waals surface area (Å²) in [7, 11) is 0. The molecule has 1 amide bonds. The van der Waals surface area contributed by atoms with Crippen LogP contribution in [0.15, 0.2) is 42.5 Å². The van der Waals surface area contributed by atoms with E-state index in [1.165, 1.54) is 0 Å². The van der Waals surface area contributed by atoms with Gasteiger partial charge in [-0.05, 0) is 60.5 Å². The van der Waals surface area contributed by atoms with Crippen molar-refractivity contribution < 1.29 is 19.1 Å². The van der Waals surface area contributed by atoms with E-state index in [0.717, 1.165) is 5.56 Å². The Balaban J connectivity index is 2.83. The van der Waals surface area contributed by atoms with Crippen molar-refractivity contribution in [2.24, 2.45) is 5.92 Å². The van der Waals surface area contributed by atoms with E-state index >= 15 is 0 Å². The summed E-state index contributed by atoms with van der Waals surface area (Å²) in [4.78, 5) is 24.3. The zero-order chi connectivity index (χ0) is 20.7. The Morgan fingerprint density at radius 2 is 1.52 bits per heavy atom. The molecule has 0 aliphatic heterocycles. The first-order chi connectivity index (χ1) is 12.4. The molecule has 0 aliphatic carbocycles. The minimum Gasteiger partial charge on any atom is -0.460 e. The van der Waals surface area contributed by atoms with Crippen molar-refractivity contribution in [3.05, 3.63) is 48.0 Å². The second-order valence-corrected chi connectivity index (χ2v) is 8.65. The van der Waals surface area contributed by atoms with E-state index in [1.807, 2.05) is 78.0 Å². The molecule has 5 heteroatoms. The van der Waals surface area contributed by atoms with Crippen LogP contribution in [0.5, 0.6) is 0 Å². The third-order valence-electron chi connectivity index (χ3n) is 3.41. The first-order valence-corrected chi connectivity index (χ1v) is 9.30. The van der Waals surface area contributed by atoms with Crippen molar-refractivity contribution in [3.63, 3.8) is 0 Å². The molecule has 0 saturated heterocycles. The summed E-state index contributed by atoms with van der Waals surface area (Å²) < 4.78 is 10.7. The maximum Gasteiger partial charge on any atom is 0.408 e. The summed E-state index contributed by atoms with van der Waals surface area (Å²) in [6.45, 7) is 12.7. The van der Waals surface area contributed by atoms with Gasteiger partial charge in [0.15, 0.2) is 0 Å². The third-order valence-corrected chi connectivity index (χ3v) is 3.41. The molecule has 27 heavy (non-hydrogen) atoms. The molecular formula is C22H33NO4. The Bertz CT molecular complexity index is 639. The lowest BCUT2D eigenvalue weighted by Gasteiger charge is -2.23. The number of ether oxygens (including phenoxy) is 2. The van der Waals surface area contributed by atoms with Crippen molar-refractivity contribution in [3.8, 4) is 0 Å². The van der Waals surface area contributed by atoms with E-state index in [0.29, 0.717) is 6.42 Å². The molecular weight excluding hydrogens is 342 g/mol. The Hall–Kier alpha value is -2.30. The van der Waals surface area contributed by atoms with E-state index in [-0.39, 0.29) is 12.0 Å². The zero-order valence-electron chi connectivity index (χ0n) is 17.5. The summed E-state index contributed by atoms with van der Waals surface area (Å²) in [5.41, 5.74) is -0.0279. The molecule has 0 fully saturated rings. The van der Waals surface area contributed by atoms with Crippen molar-refractivity contribution in [2.75, 3.05) is 0 Å². The van der Waals surface area contributed by atoms with Crippen molar-refractivity contribution >= 4 is 12.1 Å². The maximum absolute atomic E-state index is 12.2. The Kier molecular flexibility index (Phi) is 8.07. The Labute approximate surface area is 163 Å².